The van der Waals surface area contributed by atoms with Gasteiger partial charge in [-0.1, -0.05) is 11.3 Å². The highest BCUT2D eigenvalue weighted by Crippen LogP contribution is 2.35. The molecular weight excluding hydrogens is 341 g/mol. The van der Waals surface area contributed by atoms with Gasteiger partial charge in [-0.25, -0.2) is 9.37 Å². The number of fused-ring (bicyclic) bond motifs is 1. The number of likely N-dealkylation sites (N-methyl/N-ethyl adjacent to an activating group) is 1. The quantitative estimate of drug-likeness (QED) is 0.585. The summed E-state index contributed by atoms with van der Waals surface area (Å²) in [6.07, 6.45) is 0. The zero-order valence-electron chi connectivity index (χ0n) is 14.3. The summed E-state index contributed by atoms with van der Waals surface area (Å²) in [5.74, 6) is 0.540. The molecule has 2 aromatic heterocycles. The fourth-order valence-electron chi connectivity index (χ4n) is 3.55. The van der Waals surface area contributed by atoms with Gasteiger partial charge in [0, 0.05) is 5.56 Å². The first-order chi connectivity index (χ1) is 12.0. The molecule has 0 amide bonds. The summed E-state index contributed by atoms with van der Waals surface area (Å²) in [5, 5.41) is 15.0. The number of halogens is 1. The Balaban J connectivity index is 1.79. The lowest BCUT2D eigenvalue weighted by Gasteiger charge is -2.33. The van der Waals surface area contributed by atoms with Crippen LogP contribution in [-0.4, -0.2) is 52.9 Å². The first-order valence-electron chi connectivity index (χ1n) is 8.49. The predicted octanol–water partition coefficient (Wildman–Crippen LogP) is -0.553. The zero-order valence-corrected chi connectivity index (χ0v) is 15.1. The van der Waals surface area contributed by atoms with Gasteiger partial charge in [0.25, 0.3) is 0 Å². The van der Waals surface area contributed by atoms with E-state index in [0.717, 1.165) is 36.6 Å². The molecule has 4 rings (SSSR count). The number of nitrogens with one attached hydrogen (secondary N) is 2. The SMILES string of the molecule is Cc1nc2sc([C@H](c3ccc(F)cc3)[NH+]3CC[NH+](C)CC3)c(O)n2n1. The number of nitrogens with zero attached hydrogens (tertiary/aromatic N) is 3. The fraction of sp³-hybridized carbons (Fsp3) is 0.412. The van der Waals surface area contributed by atoms with E-state index in [9.17, 15) is 9.50 Å². The third-order valence-electron chi connectivity index (χ3n) is 4.93. The van der Waals surface area contributed by atoms with E-state index in [0.29, 0.717) is 10.8 Å². The molecule has 0 saturated carbocycles. The van der Waals surface area contributed by atoms with Crippen molar-refractivity contribution in [2.24, 2.45) is 0 Å². The highest BCUT2D eigenvalue weighted by atomic mass is 32.1. The van der Waals surface area contributed by atoms with E-state index in [1.807, 2.05) is 19.1 Å². The highest BCUT2D eigenvalue weighted by Gasteiger charge is 2.35. The first kappa shape index (κ1) is 16.4. The van der Waals surface area contributed by atoms with E-state index < -0.39 is 0 Å². The van der Waals surface area contributed by atoms with Gasteiger partial charge in [-0.15, -0.1) is 5.10 Å². The van der Waals surface area contributed by atoms with Crippen molar-refractivity contribution in [2.75, 3.05) is 33.2 Å². The summed E-state index contributed by atoms with van der Waals surface area (Å²) in [6.45, 7) is 5.96. The van der Waals surface area contributed by atoms with Gasteiger partial charge in [0.1, 0.15) is 42.7 Å². The normalized spacial score (nSPS) is 22.4. The van der Waals surface area contributed by atoms with Crippen LogP contribution < -0.4 is 9.80 Å². The second kappa shape index (κ2) is 6.36. The van der Waals surface area contributed by atoms with Crippen molar-refractivity contribution in [1.29, 1.82) is 0 Å². The van der Waals surface area contributed by atoms with Crippen LogP contribution in [0.2, 0.25) is 0 Å². The Morgan fingerprint density at radius 3 is 2.52 bits per heavy atom. The number of thiazole rings is 1. The van der Waals surface area contributed by atoms with Gasteiger partial charge >= 0.3 is 0 Å². The van der Waals surface area contributed by atoms with Crippen LogP contribution in [0.1, 0.15) is 22.3 Å². The van der Waals surface area contributed by atoms with Crippen molar-refractivity contribution >= 4 is 16.3 Å². The molecule has 3 heterocycles. The zero-order chi connectivity index (χ0) is 17.6. The number of quaternary nitrogens is 2. The second-order valence-electron chi connectivity index (χ2n) is 6.74. The summed E-state index contributed by atoms with van der Waals surface area (Å²) in [4.78, 5) is 8.81. The van der Waals surface area contributed by atoms with Crippen molar-refractivity contribution in [1.82, 2.24) is 14.6 Å². The molecule has 8 heteroatoms. The van der Waals surface area contributed by atoms with E-state index in [1.165, 1.54) is 37.8 Å². The molecule has 0 bridgehead atoms. The Morgan fingerprint density at radius 1 is 1.20 bits per heavy atom. The van der Waals surface area contributed by atoms with Gasteiger partial charge in [-0.3, -0.25) is 0 Å². The lowest BCUT2D eigenvalue weighted by Crippen LogP contribution is -3.27. The van der Waals surface area contributed by atoms with Crippen molar-refractivity contribution < 1.29 is 19.3 Å². The van der Waals surface area contributed by atoms with Crippen LogP contribution in [0.4, 0.5) is 4.39 Å². The topological polar surface area (TPSA) is 59.3 Å². The van der Waals surface area contributed by atoms with Crippen LogP contribution in [0, 0.1) is 12.7 Å². The molecule has 25 heavy (non-hydrogen) atoms. The molecule has 0 unspecified atom stereocenters. The van der Waals surface area contributed by atoms with Crippen LogP contribution >= 0.6 is 11.3 Å². The van der Waals surface area contributed by atoms with Crippen molar-refractivity contribution in [3.63, 3.8) is 0 Å². The van der Waals surface area contributed by atoms with E-state index in [4.69, 9.17) is 0 Å². The van der Waals surface area contributed by atoms with Gasteiger partial charge in [-0.2, -0.15) is 4.52 Å². The monoisotopic (exact) mass is 363 g/mol. The minimum Gasteiger partial charge on any atom is -0.492 e. The number of hydrogen-bond acceptors (Lipinski definition) is 4. The van der Waals surface area contributed by atoms with E-state index in [-0.39, 0.29) is 17.7 Å². The van der Waals surface area contributed by atoms with Crippen LogP contribution in [0.15, 0.2) is 24.3 Å². The molecule has 0 radical (unpaired) electrons. The first-order valence-corrected chi connectivity index (χ1v) is 9.31. The molecule has 1 atom stereocenters. The number of benzene rings is 1. The van der Waals surface area contributed by atoms with Gasteiger partial charge in [0.2, 0.25) is 10.8 Å². The molecule has 0 spiro atoms. The number of rotatable bonds is 3. The fourth-order valence-corrected chi connectivity index (χ4v) is 4.74. The average molecular weight is 363 g/mol. The van der Waals surface area contributed by atoms with E-state index in [1.54, 1.807) is 0 Å². The van der Waals surface area contributed by atoms with Crippen molar-refractivity contribution in [3.8, 4) is 5.88 Å². The number of aromatic hydroxyl groups is 1. The van der Waals surface area contributed by atoms with Crippen molar-refractivity contribution in [3.05, 3.63) is 46.3 Å². The molecule has 1 fully saturated rings. The van der Waals surface area contributed by atoms with Gasteiger partial charge < -0.3 is 14.9 Å². The maximum Gasteiger partial charge on any atom is 0.235 e. The maximum absolute atomic E-state index is 13.4. The van der Waals surface area contributed by atoms with Gasteiger partial charge in [0.05, 0.1) is 7.05 Å². The Kier molecular flexibility index (Phi) is 4.18. The minimum absolute atomic E-state index is 0.0393. The number of aromatic nitrogens is 3. The van der Waals surface area contributed by atoms with Crippen LogP contribution in [-0.2, 0) is 0 Å². The number of aryl methyl sites for hydroxylation is 1. The van der Waals surface area contributed by atoms with Crippen molar-refractivity contribution in [2.45, 2.75) is 13.0 Å². The standard InChI is InChI=1S/C17H20FN5OS/c1-11-19-17-23(20-11)16(24)15(25-17)14(12-3-5-13(18)6-4-12)22-9-7-21(2)8-10-22/h3-6,14,24H,7-10H2,1-2H3/p+2/t14-/m0/s1. The lowest BCUT2D eigenvalue weighted by atomic mass is 10.0. The molecule has 1 aromatic carbocycles. The third kappa shape index (κ3) is 3.01. The molecule has 132 valence electrons. The average Bonchev–Trinajstić information content (AvgIpc) is 3.09. The Hall–Kier alpha value is -2.03. The van der Waals surface area contributed by atoms with Crippen LogP contribution in [0.25, 0.3) is 4.96 Å². The lowest BCUT2D eigenvalue weighted by molar-refractivity contribution is -1.02. The van der Waals surface area contributed by atoms with Crippen LogP contribution in [0.5, 0.6) is 5.88 Å². The Bertz CT molecular complexity index is 882. The third-order valence-corrected chi connectivity index (χ3v) is 6.01. The number of piperazine rings is 1. The predicted molar refractivity (Wildman–Crippen MR) is 92.8 cm³/mol. The molecule has 1 saturated heterocycles. The van der Waals surface area contributed by atoms with E-state index in [2.05, 4.69) is 17.1 Å². The summed E-state index contributed by atoms with van der Waals surface area (Å²) < 4.78 is 14.9. The minimum atomic E-state index is -0.247. The molecule has 1 aliphatic heterocycles. The number of hydrogen-bond donors (Lipinski definition) is 3. The Morgan fingerprint density at radius 2 is 1.88 bits per heavy atom. The summed E-state index contributed by atoms with van der Waals surface area (Å²) in [6, 6.07) is 6.57. The summed E-state index contributed by atoms with van der Waals surface area (Å²) in [5.41, 5.74) is 1.01. The Labute approximate surface area is 149 Å². The van der Waals surface area contributed by atoms with Crippen LogP contribution in [0.3, 0.4) is 0 Å². The van der Waals surface area contributed by atoms with E-state index >= 15 is 0 Å². The molecule has 6 nitrogen and oxygen atoms in total. The summed E-state index contributed by atoms with van der Waals surface area (Å²) in [7, 11) is 2.20. The maximum atomic E-state index is 13.4. The summed E-state index contributed by atoms with van der Waals surface area (Å²) >= 11 is 1.46. The second-order valence-corrected chi connectivity index (χ2v) is 7.75. The highest BCUT2D eigenvalue weighted by molar-refractivity contribution is 7.17. The molecule has 0 aliphatic carbocycles. The smallest absolute Gasteiger partial charge is 0.235 e. The molecule has 1 aliphatic rings. The van der Waals surface area contributed by atoms with Gasteiger partial charge in [-0.05, 0) is 31.2 Å². The molecule has 3 N–H and O–H groups in total. The molecule has 3 aromatic rings. The van der Waals surface area contributed by atoms with Gasteiger partial charge in [0.15, 0.2) is 6.04 Å². The largest absolute Gasteiger partial charge is 0.492 e. The molecular formula is C17H22FN5OS+2.